The molecular weight excluding hydrogens is 190 g/mol. The second kappa shape index (κ2) is 3.88. The predicted octanol–water partition coefficient (Wildman–Crippen LogP) is 1.56. The van der Waals surface area contributed by atoms with Crippen LogP contribution >= 0.6 is 0 Å². The lowest BCUT2D eigenvalue weighted by Crippen LogP contribution is -2.39. The van der Waals surface area contributed by atoms with E-state index in [2.05, 4.69) is 17.2 Å². The molecule has 0 bridgehead atoms. The first-order valence-electron chi connectivity index (χ1n) is 5.22. The number of anilines is 2. The van der Waals surface area contributed by atoms with E-state index >= 15 is 0 Å². The first kappa shape index (κ1) is 9.96. The zero-order chi connectivity index (χ0) is 10.8. The Labute approximate surface area is 89.3 Å². The zero-order valence-electron chi connectivity index (χ0n) is 9.08. The highest BCUT2D eigenvalue weighted by molar-refractivity contribution is 6.01. The van der Waals surface area contributed by atoms with Gasteiger partial charge in [0.2, 0.25) is 5.91 Å². The number of pyridine rings is 1. The minimum Gasteiger partial charge on any atom is -0.346 e. The van der Waals surface area contributed by atoms with E-state index in [0.717, 1.165) is 30.0 Å². The average molecular weight is 205 g/mol. The summed E-state index contributed by atoms with van der Waals surface area (Å²) in [7, 11) is 0. The molecule has 1 aliphatic rings. The molecule has 80 valence electrons. The summed E-state index contributed by atoms with van der Waals surface area (Å²) in [5.41, 5.74) is 1.93. The zero-order valence-corrected chi connectivity index (χ0v) is 9.08. The van der Waals surface area contributed by atoms with Crippen molar-refractivity contribution in [1.29, 1.82) is 0 Å². The van der Waals surface area contributed by atoms with Crippen molar-refractivity contribution in [3.05, 3.63) is 17.8 Å². The number of hydrogen-bond donors (Lipinski definition) is 1. The quantitative estimate of drug-likeness (QED) is 0.797. The van der Waals surface area contributed by atoms with Crippen molar-refractivity contribution in [3.63, 3.8) is 0 Å². The topological polar surface area (TPSA) is 45.2 Å². The van der Waals surface area contributed by atoms with Crippen LogP contribution in [0.25, 0.3) is 0 Å². The molecule has 0 saturated carbocycles. The van der Waals surface area contributed by atoms with Gasteiger partial charge in [0, 0.05) is 12.7 Å². The summed E-state index contributed by atoms with van der Waals surface area (Å²) >= 11 is 0. The van der Waals surface area contributed by atoms with Gasteiger partial charge in [-0.15, -0.1) is 0 Å². The Morgan fingerprint density at radius 3 is 3.13 bits per heavy atom. The van der Waals surface area contributed by atoms with Gasteiger partial charge in [0.25, 0.3) is 0 Å². The van der Waals surface area contributed by atoms with Crippen LogP contribution in [-0.4, -0.2) is 24.0 Å². The summed E-state index contributed by atoms with van der Waals surface area (Å²) < 4.78 is 0. The lowest BCUT2D eigenvalue weighted by atomic mass is 10.2. The predicted molar refractivity (Wildman–Crippen MR) is 60.1 cm³/mol. The van der Waals surface area contributed by atoms with Crippen molar-refractivity contribution in [1.82, 2.24) is 4.98 Å². The van der Waals surface area contributed by atoms with E-state index < -0.39 is 0 Å². The number of carbonyl (C=O) groups is 1. The highest BCUT2D eigenvalue weighted by atomic mass is 16.2. The van der Waals surface area contributed by atoms with Crippen LogP contribution in [0.3, 0.4) is 0 Å². The summed E-state index contributed by atoms with van der Waals surface area (Å²) in [6.45, 7) is 5.37. The van der Waals surface area contributed by atoms with Crippen molar-refractivity contribution in [2.75, 3.05) is 23.3 Å². The van der Waals surface area contributed by atoms with Gasteiger partial charge in [0.1, 0.15) is 0 Å². The van der Waals surface area contributed by atoms with Crippen LogP contribution in [0.5, 0.6) is 0 Å². The van der Waals surface area contributed by atoms with Crippen molar-refractivity contribution >= 4 is 17.4 Å². The first-order chi connectivity index (χ1) is 7.22. The highest BCUT2D eigenvalue weighted by Crippen LogP contribution is 2.29. The Kier molecular flexibility index (Phi) is 2.58. The normalized spacial score (nSPS) is 14.8. The molecule has 0 atom stereocenters. The van der Waals surface area contributed by atoms with Gasteiger partial charge < -0.3 is 10.2 Å². The molecule has 15 heavy (non-hydrogen) atoms. The third-order valence-electron chi connectivity index (χ3n) is 2.53. The molecule has 2 rings (SSSR count). The molecule has 1 amide bonds. The van der Waals surface area contributed by atoms with E-state index in [-0.39, 0.29) is 5.91 Å². The highest BCUT2D eigenvalue weighted by Gasteiger charge is 2.23. The van der Waals surface area contributed by atoms with Crippen LogP contribution in [0.15, 0.2) is 12.3 Å². The fraction of sp³-hybridized carbons (Fsp3) is 0.455. The second-order valence-corrected chi connectivity index (χ2v) is 3.80. The molecule has 4 heteroatoms. The molecule has 0 spiro atoms. The Morgan fingerprint density at radius 2 is 2.40 bits per heavy atom. The van der Waals surface area contributed by atoms with Crippen LogP contribution in [0.1, 0.15) is 18.9 Å². The molecule has 1 N–H and O–H groups in total. The van der Waals surface area contributed by atoms with Gasteiger partial charge in [-0.25, -0.2) is 4.98 Å². The Bertz CT molecular complexity index is 389. The molecule has 0 aliphatic carbocycles. The van der Waals surface area contributed by atoms with Crippen LogP contribution in [0.2, 0.25) is 0 Å². The summed E-state index contributed by atoms with van der Waals surface area (Å²) in [6, 6.07) is 1.91. The molecule has 0 aromatic carbocycles. The average Bonchev–Trinajstić information content (AvgIpc) is 2.20. The molecule has 0 fully saturated rings. The van der Waals surface area contributed by atoms with E-state index in [0.29, 0.717) is 6.54 Å². The summed E-state index contributed by atoms with van der Waals surface area (Å²) in [4.78, 5) is 17.8. The molecule has 1 aliphatic heterocycles. The molecule has 1 aromatic heterocycles. The largest absolute Gasteiger partial charge is 0.346 e. The molecule has 0 saturated heterocycles. The van der Waals surface area contributed by atoms with Crippen LogP contribution in [0.4, 0.5) is 11.5 Å². The minimum absolute atomic E-state index is 0.0482. The Balaban J connectivity index is 2.41. The number of carbonyl (C=O) groups excluding carboxylic acids is 1. The maximum atomic E-state index is 11.5. The lowest BCUT2D eigenvalue weighted by Gasteiger charge is -2.30. The van der Waals surface area contributed by atoms with Gasteiger partial charge in [-0.3, -0.25) is 4.79 Å². The van der Waals surface area contributed by atoms with E-state index in [4.69, 9.17) is 0 Å². The van der Waals surface area contributed by atoms with Gasteiger partial charge in [-0.1, -0.05) is 6.92 Å². The second-order valence-electron chi connectivity index (χ2n) is 3.80. The van der Waals surface area contributed by atoms with Crippen molar-refractivity contribution in [2.24, 2.45) is 0 Å². The number of rotatable bonds is 2. The van der Waals surface area contributed by atoms with Gasteiger partial charge in [0.15, 0.2) is 5.82 Å². The van der Waals surface area contributed by atoms with E-state index in [9.17, 15) is 4.79 Å². The SMILES string of the molecule is CCCN1CC(=O)Nc2c(C)ccnc21. The first-order valence-corrected chi connectivity index (χ1v) is 5.22. The fourth-order valence-corrected chi connectivity index (χ4v) is 1.82. The summed E-state index contributed by atoms with van der Waals surface area (Å²) in [5.74, 6) is 0.948. The maximum Gasteiger partial charge on any atom is 0.244 e. The number of nitrogens with zero attached hydrogens (tertiary/aromatic N) is 2. The number of amides is 1. The molecule has 1 aromatic rings. The van der Waals surface area contributed by atoms with Gasteiger partial charge in [-0.05, 0) is 25.0 Å². The van der Waals surface area contributed by atoms with Gasteiger partial charge >= 0.3 is 0 Å². The van der Waals surface area contributed by atoms with Crippen molar-refractivity contribution in [3.8, 4) is 0 Å². The van der Waals surface area contributed by atoms with E-state index in [1.54, 1.807) is 6.20 Å². The number of nitrogens with one attached hydrogen (secondary N) is 1. The van der Waals surface area contributed by atoms with E-state index in [1.807, 2.05) is 17.9 Å². The number of aryl methyl sites for hydroxylation is 1. The fourth-order valence-electron chi connectivity index (χ4n) is 1.82. The van der Waals surface area contributed by atoms with Gasteiger partial charge in [-0.2, -0.15) is 0 Å². The van der Waals surface area contributed by atoms with Crippen LogP contribution in [-0.2, 0) is 4.79 Å². The van der Waals surface area contributed by atoms with Gasteiger partial charge in [0.05, 0.1) is 12.2 Å². The Morgan fingerprint density at radius 1 is 1.60 bits per heavy atom. The Hall–Kier alpha value is -1.58. The molecular formula is C11H15N3O. The number of hydrogen-bond acceptors (Lipinski definition) is 3. The lowest BCUT2D eigenvalue weighted by molar-refractivity contribution is -0.115. The number of aromatic nitrogens is 1. The summed E-state index contributed by atoms with van der Waals surface area (Å²) in [5, 5.41) is 2.87. The third-order valence-corrected chi connectivity index (χ3v) is 2.53. The molecule has 4 nitrogen and oxygen atoms in total. The molecule has 2 heterocycles. The van der Waals surface area contributed by atoms with Crippen LogP contribution < -0.4 is 10.2 Å². The van der Waals surface area contributed by atoms with Crippen LogP contribution in [0, 0.1) is 6.92 Å². The monoisotopic (exact) mass is 205 g/mol. The minimum atomic E-state index is 0.0482. The summed E-state index contributed by atoms with van der Waals surface area (Å²) in [6.07, 6.45) is 2.80. The number of fused-ring (bicyclic) bond motifs is 1. The molecule has 0 unspecified atom stereocenters. The smallest absolute Gasteiger partial charge is 0.244 e. The molecule has 0 radical (unpaired) electrons. The maximum absolute atomic E-state index is 11.5. The standard InChI is InChI=1S/C11H15N3O/c1-3-6-14-7-9(15)13-10-8(2)4-5-12-11(10)14/h4-5H,3,6-7H2,1-2H3,(H,13,15). The third kappa shape index (κ3) is 1.79. The van der Waals surface area contributed by atoms with Crippen molar-refractivity contribution < 1.29 is 4.79 Å². The van der Waals surface area contributed by atoms with Crippen molar-refractivity contribution in [2.45, 2.75) is 20.3 Å². The van der Waals surface area contributed by atoms with E-state index in [1.165, 1.54) is 0 Å².